The van der Waals surface area contributed by atoms with Crippen LogP contribution in [0.4, 0.5) is 12.9 Å². The Kier molecular flexibility index (Phi) is 5.57. The second kappa shape index (κ2) is 5.86. The number of rotatable bonds is 2. The van der Waals surface area contributed by atoms with Crippen LogP contribution < -0.4 is 51.4 Å². The quantitative estimate of drug-likeness (QED) is 0.689. The van der Waals surface area contributed by atoms with E-state index < -0.39 is 13.4 Å². The van der Waals surface area contributed by atoms with Gasteiger partial charge in [-0.3, -0.25) is 0 Å². The summed E-state index contributed by atoms with van der Waals surface area (Å²) in [5, 5.41) is 1.96. The van der Waals surface area contributed by atoms with Gasteiger partial charge in [0.05, 0.1) is 0 Å². The molecule has 1 unspecified atom stereocenters. The van der Waals surface area contributed by atoms with E-state index in [-0.39, 0.29) is 57.4 Å². The summed E-state index contributed by atoms with van der Waals surface area (Å²) in [5.41, 5.74) is 1.08. The van der Waals surface area contributed by atoms with Crippen LogP contribution in [0.1, 0.15) is 23.4 Å². The molecule has 0 saturated carbocycles. The number of halogens is 3. The van der Waals surface area contributed by atoms with Gasteiger partial charge in [-0.05, 0) is 36.8 Å². The Morgan fingerprint density at radius 2 is 2.19 bits per heavy atom. The second-order valence-corrected chi connectivity index (χ2v) is 4.93. The normalized spacial score (nSPS) is 21.4. The zero-order chi connectivity index (χ0) is 11.1. The maximum atomic E-state index is 12.3. The van der Waals surface area contributed by atoms with Gasteiger partial charge in [-0.2, -0.15) is 0 Å². The molecule has 0 amide bonds. The van der Waals surface area contributed by atoms with Gasteiger partial charge in [0.25, 0.3) is 0 Å². The van der Waals surface area contributed by atoms with Crippen molar-refractivity contribution in [1.29, 1.82) is 0 Å². The number of hydrogen-bond acceptors (Lipinski definition) is 2. The minimum atomic E-state index is -4.71. The standard InChI is InChI=1S/C9H12BF3NS.K/c1-7-8-3-5-15-9(8)2-4-14(7)6-10(11,12)13;/h3,5,7H,2,4,6H2,1H3;/q-1;+1. The van der Waals surface area contributed by atoms with Gasteiger partial charge in [0.1, 0.15) is 0 Å². The molecule has 84 valence electrons. The molecule has 2 rings (SSSR count). The van der Waals surface area contributed by atoms with Gasteiger partial charge in [-0.15, -0.1) is 11.3 Å². The number of fused-ring (bicyclic) bond motifs is 1. The van der Waals surface area contributed by atoms with Crippen LogP contribution in [0.5, 0.6) is 0 Å². The Hall–Kier alpha value is 1.15. The molecule has 0 aliphatic carbocycles. The van der Waals surface area contributed by atoms with Crippen molar-refractivity contribution in [2.75, 3.05) is 13.0 Å². The van der Waals surface area contributed by atoms with Gasteiger partial charge >= 0.3 is 58.4 Å². The van der Waals surface area contributed by atoms with Crippen molar-refractivity contribution in [3.05, 3.63) is 21.9 Å². The molecule has 1 aromatic heterocycles. The molecule has 0 bridgehead atoms. The van der Waals surface area contributed by atoms with E-state index in [2.05, 4.69) is 0 Å². The van der Waals surface area contributed by atoms with Crippen molar-refractivity contribution >= 4 is 18.3 Å². The third-order valence-corrected chi connectivity index (χ3v) is 3.84. The van der Waals surface area contributed by atoms with Gasteiger partial charge in [-0.25, -0.2) is 0 Å². The van der Waals surface area contributed by atoms with Gasteiger partial charge in [0.15, 0.2) is 0 Å². The van der Waals surface area contributed by atoms with E-state index in [1.165, 1.54) is 9.78 Å². The zero-order valence-corrected chi connectivity index (χ0v) is 13.4. The Labute approximate surface area is 140 Å². The van der Waals surface area contributed by atoms with E-state index in [0.29, 0.717) is 6.54 Å². The fraction of sp³-hybridized carbons (Fsp3) is 0.556. The average molecular weight is 273 g/mol. The zero-order valence-electron chi connectivity index (χ0n) is 9.42. The van der Waals surface area contributed by atoms with E-state index in [0.717, 1.165) is 12.0 Å². The van der Waals surface area contributed by atoms with Crippen LogP contribution >= 0.6 is 11.3 Å². The molecule has 0 fully saturated rings. The van der Waals surface area contributed by atoms with E-state index in [9.17, 15) is 12.9 Å². The number of hydrogen-bond donors (Lipinski definition) is 0. The number of nitrogens with zero attached hydrogens (tertiary/aromatic N) is 1. The smallest absolute Gasteiger partial charge is 0.448 e. The first-order valence-electron chi connectivity index (χ1n) is 4.98. The average Bonchev–Trinajstić information content (AvgIpc) is 2.56. The van der Waals surface area contributed by atoms with Crippen molar-refractivity contribution in [2.24, 2.45) is 0 Å². The van der Waals surface area contributed by atoms with Crippen LogP contribution in [0.15, 0.2) is 11.4 Å². The molecule has 0 aromatic carbocycles. The van der Waals surface area contributed by atoms with E-state index in [1.807, 2.05) is 18.4 Å². The molecule has 16 heavy (non-hydrogen) atoms. The van der Waals surface area contributed by atoms with E-state index in [1.54, 1.807) is 11.3 Å². The van der Waals surface area contributed by atoms with Crippen molar-refractivity contribution in [2.45, 2.75) is 19.4 Å². The second-order valence-electron chi connectivity index (χ2n) is 3.93. The molecule has 1 nitrogen and oxygen atoms in total. The molecule has 0 radical (unpaired) electrons. The summed E-state index contributed by atoms with van der Waals surface area (Å²) in [5.74, 6) is 0. The third-order valence-electron chi connectivity index (χ3n) is 2.85. The van der Waals surface area contributed by atoms with Crippen molar-refractivity contribution in [3.63, 3.8) is 0 Å². The summed E-state index contributed by atoms with van der Waals surface area (Å²) in [6, 6.07) is 1.85. The summed E-state index contributed by atoms with van der Waals surface area (Å²) in [4.78, 5) is 2.77. The van der Waals surface area contributed by atoms with Gasteiger partial charge < -0.3 is 17.8 Å². The maximum absolute atomic E-state index is 12.3. The fourth-order valence-electron chi connectivity index (χ4n) is 2.08. The summed E-state index contributed by atoms with van der Waals surface area (Å²) in [6.45, 7) is -2.33. The molecular formula is C9H12BF3KNS. The first kappa shape index (κ1) is 15.2. The summed E-state index contributed by atoms with van der Waals surface area (Å²) >= 11 is 1.65. The topological polar surface area (TPSA) is 3.24 Å². The fourth-order valence-corrected chi connectivity index (χ4v) is 3.04. The Morgan fingerprint density at radius 1 is 1.50 bits per heavy atom. The largest absolute Gasteiger partial charge is 1.00 e. The minimum absolute atomic E-state index is 0. The van der Waals surface area contributed by atoms with Crippen molar-refractivity contribution in [1.82, 2.24) is 4.90 Å². The molecule has 0 spiro atoms. The van der Waals surface area contributed by atoms with Crippen LogP contribution in [0.3, 0.4) is 0 Å². The van der Waals surface area contributed by atoms with Crippen molar-refractivity contribution < 1.29 is 64.3 Å². The van der Waals surface area contributed by atoms with E-state index >= 15 is 0 Å². The monoisotopic (exact) mass is 273 g/mol. The van der Waals surface area contributed by atoms with Crippen LogP contribution in [-0.2, 0) is 6.42 Å². The predicted molar refractivity (Wildman–Crippen MR) is 57.1 cm³/mol. The van der Waals surface area contributed by atoms with Crippen LogP contribution in [0, 0.1) is 0 Å². The number of thiophene rings is 1. The van der Waals surface area contributed by atoms with Crippen LogP contribution in [0.2, 0.25) is 0 Å². The summed E-state index contributed by atoms with van der Waals surface area (Å²) in [7, 11) is 0. The summed E-state index contributed by atoms with van der Waals surface area (Å²) in [6.07, 6.45) is 0.0138. The summed E-state index contributed by atoms with van der Waals surface area (Å²) < 4.78 is 37.0. The Morgan fingerprint density at radius 3 is 2.81 bits per heavy atom. The van der Waals surface area contributed by atoms with Crippen LogP contribution in [-0.4, -0.2) is 24.9 Å². The molecule has 0 saturated heterocycles. The molecule has 1 aromatic rings. The van der Waals surface area contributed by atoms with Crippen LogP contribution in [0.25, 0.3) is 0 Å². The molecule has 1 aliphatic heterocycles. The third kappa shape index (κ3) is 3.57. The maximum Gasteiger partial charge on any atom is 1.00 e. The molecule has 1 aliphatic rings. The molecule has 0 N–H and O–H groups in total. The molecule has 7 heteroatoms. The van der Waals surface area contributed by atoms with Gasteiger partial charge in [0, 0.05) is 17.5 Å². The SMILES string of the molecule is CC1c2ccsc2CCN1C[B-](F)(F)F.[K+]. The van der Waals surface area contributed by atoms with Gasteiger partial charge in [-0.1, -0.05) is 0 Å². The van der Waals surface area contributed by atoms with E-state index in [4.69, 9.17) is 0 Å². The van der Waals surface area contributed by atoms with Gasteiger partial charge in [0.2, 0.25) is 0 Å². The molecule has 2 heterocycles. The molecular weight excluding hydrogens is 261 g/mol. The first-order valence-corrected chi connectivity index (χ1v) is 5.86. The molecule has 1 atom stereocenters. The predicted octanol–water partition coefficient (Wildman–Crippen LogP) is 0.0578. The first-order chi connectivity index (χ1) is 6.97. The Balaban J connectivity index is 0.00000128. The Bertz CT molecular complexity index is 355. The van der Waals surface area contributed by atoms with Crippen molar-refractivity contribution in [3.8, 4) is 0 Å². The minimum Gasteiger partial charge on any atom is -0.448 e.